The number of nitrogens with one attached hydrogen (secondary N) is 1. The van der Waals surface area contributed by atoms with Gasteiger partial charge in [0.25, 0.3) is 0 Å². The summed E-state index contributed by atoms with van der Waals surface area (Å²) in [5.41, 5.74) is 6.96. The predicted octanol–water partition coefficient (Wildman–Crippen LogP) is 4.65. The number of rotatable bonds is 5. The monoisotopic (exact) mass is 259 g/mol. The van der Waals surface area contributed by atoms with E-state index >= 15 is 0 Å². The van der Waals surface area contributed by atoms with Crippen LogP contribution in [0.3, 0.4) is 0 Å². The lowest BCUT2D eigenvalue weighted by Crippen LogP contribution is -2.26. The van der Waals surface area contributed by atoms with Gasteiger partial charge in [0.2, 0.25) is 0 Å². The molecule has 0 spiro atoms. The Morgan fingerprint density at radius 3 is 2.00 bits per heavy atom. The molecule has 0 saturated carbocycles. The highest BCUT2D eigenvalue weighted by molar-refractivity contribution is 5.61. The molecule has 1 rings (SSSR count). The van der Waals surface area contributed by atoms with Crippen molar-refractivity contribution in [2.75, 3.05) is 6.54 Å². The normalized spacial score (nSPS) is 12.6. The van der Waals surface area contributed by atoms with Crippen molar-refractivity contribution in [3.63, 3.8) is 0 Å². The molecule has 0 radical (unpaired) electrons. The fourth-order valence-electron chi connectivity index (χ4n) is 2.35. The molecular weight excluding hydrogens is 230 g/mol. The zero-order valence-electron chi connectivity index (χ0n) is 13.6. The second-order valence-corrected chi connectivity index (χ2v) is 6.22. The van der Waals surface area contributed by atoms with Crippen molar-refractivity contribution in [3.8, 4) is 0 Å². The van der Waals surface area contributed by atoms with Crippen molar-refractivity contribution in [2.45, 2.75) is 54.5 Å². The van der Waals surface area contributed by atoms with Gasteiger partial charge in [0, 0.05) is 12.6 Å². The quantitative estimate of drug-likeness (QED) is 0.811. The third kappa shape index (κ3) is 4.83. The van der Waals surface area contributed by atoms with E-state index in [2.05, 4.69) is 72.0 Å². The van der Waals surface area contributed by atoms with Crippen LogP contribution in [0.2, 0.25) is 0 Å². The maximum Gasteiger partial charge on any atom is 0.0172 e. The molecule has 19 heavy (non-hydrogen) atoms. The van der Waals surface area contributed by atoms with Crippen LogP contribution in [0.5, 0.6) is 0 Å². The third-order valence-electron chi connectivity index (χ3n) is 3.52. The molecule has 0 bridgehead atoms. The minimum Gasteiger partial charge on any atom is -0.311 e. The van der Waals surface area contributed by atoms with E-state index in [1.54, 1.807) is 0 Å². The molecule has 1 N–H and O–H groups in total. The Morgan fingerprint density at radius 1 is 1.05 bits per heavy atom. The summed E-state index contributed by atoms with van der Waals surface area (Å²) in [6.45, 7) is 16.5. The molecule has 1 heteroatoms. The lowest BCUT2D eigenvalue weighted by molar-refractivity contribution is 0.593. The van der Waals surface area contributed by atoms with Gasteiger partial charge in [-0.3, -0.25) is 0 Å². The van der Waals surface area contributed by atoms with Crippen LogP contribution in [-0.4, -0.2) is 12.6 Å². The molecule has 0 aromatic heterocycles. The molecule has 0 saturated heterocycles. The fraction of sp³-hybridized carbons (Fsp3) is 0.556. The molecule has 106 valence electrons. The third-order valence-corrected chi connectivity index (χ3v) is 3.52. The lowest BCUT2D eigenvalue weighted by atomic mass is 9.94. The summed E-state index contributed by atoms with van der Waals surface area (Å²) in [4.78, 5) is 0. The average Bonchev–Trinajstić information content (AvgIpc) is 2.25. The Kier molecular flexibility index (Phi) is 5.81. The van der Waals surface area contributed by atoms with Crippen molar-refractivity contribution in [2.24, 2.45) is 5.92 Å². The van der Waals surface area contributed by atoms with Gasteiger partial charge in [0.15, 0.2) is 0 Å². The second kappa shape index (κ2) is 6.91. The van der Waals surface area contributed by atoms with Crippen molar-refractivity contribution < 1.29 is 0 Å². The van der Waals surface area contributed by atoms with Crippen LogP contribution in [0.15, 0.2) is 17.7 Å². The number of hydrogen-bond acceptors (Lipinski definition) is 1. The van der Waals surface area contributed by atoms with Crippen LogP contribution in [0, 0.1) is 26.7 Å². The second-order valence-electron chi connectivity index (χ2n) is 6.22. The van der Waals surface area contributed by atoms with Gasteiger partial charge in [-0.25, -0.2) is 0 Å². The molecule has 0 fully saturated rings. The number of benzene rings is 1. The Labute approximate surface area is 119 Å². The van der Waals surface area contributed by atoms with E-state index in [9.17, 15) is 0 Å². The minimum absolute atomic E-state index is 0.530. The lowest BCUT2D eigenvalue weighted by Gasteiger charge is -2.17. The van der Waals surface area contributed by atoms with Crippen LogP contribution in [0.4, 0.5) is 0 Å². The van der Waals surface area contributed by atoms with E-state index < -0.39 is 0 Å². The van der Waals surface area contributed by atoms with Crippen molar-refractivity contribution >= 4 is 6.08 Å². The Balaban J connectivity index is 3.08. The minimum atomic E-state index is 0.530. The van der Waals surface area contributed by atoms with Gasteiger partial charge in [-0.1, -0.05) is 57.0 Å². The van der Waals surface area contributed by atoms with Gasteiger partial charge in [-0.05, 0) is 43.4 Å². The Bertz CT molecular complexity index is 430. The van der Waals surface area contributed by atoms with Crippen molar-refractivity contribution in [1.29, 1.82) is 0 Å². The molecule has 0 amide bonds. The largest absolute Gasteiger partial charge is 0.311 e. The van der Waals surface area contributed by atoms with E-state index in [0.717, 1.165) is 6.54 Å². The summed E-state index contributed by atoms with van der Waals surface area (Å²) in [6.07, 6.45) is 2.38. The maximum atomic E-state index is 3.53. The van der Waals surface area contributed by atoms with Gasteiger partial charge in [-0.15, -0.1) is 0 Å². The first kappa shape index (κ1) is 16.0. The molecule has 0 atom stereocenters. The van der Waals surface area contributed by atoms with Gasteiger partial charge in [-0.2, -0.15) is 0 Å². The molecule has 0 unspecified atom stereocenters. The topological polar surface area (TPSA) is 12.0 Å². The first-order valence-electron chi connectivity index (χ1n) is 7.33. The highest BCUT2D eigenvalue weighted by Gasteiger charge is 2.07. The molecule has 1 nitrogen and oxygen atoms in total. The zero-order chi connectivity index (χ0) is 14.6. The van der Waals surface area contributed by atoms with Gasteiger partial charge in [0.05, 0.1) is 0 Å². The van der Waals surface area contributed by atoms with Crippen LogP contribution >= 0.6 is 0 Å². The van der Waals surface area contributed by atoms with Gasteiger partial charge < -0.3 is 5.32 Å². The summed E-state index contributed by atoms with van der Waals surface area (Å²) in [6, 6.07) is 5.07. The van der Waals surface area contributed by atoms with Gasteiger partial charge in [0.1, 0.15) is 0 Å². The molecule has 0 aliphatic heterocycles. The Hall–Kier alpha value is -1.08. The summed E-state index contributed by atoms with van der Waals surface area (Å²) < 4.78 is 0. The van der Waals surface area contributed by atoms with Crippen LogP contribution < -0.4 is 5.32 Å². The summed E-state index contributed by atoms with van der Waals surface area (Å²) in [5.74, 6) is 0.575. The van der Waals surface area contributed by atoms with Crippen molar-refractivity contribution in [1.82, 2.24) is 5.32 Å². The highest BCUT2D eigenvalue weighted by atomic mass is 14.9. The molecule has 1 aromatic carbocycles. The van der Waals surface area contributed by atoms with E-state index in [4.69, 9.17) is 0 Å². The average molecular weight is 259 g/mol. The summed E-state index contributed by atoms with van der Waals surface area (Å²) >= 11 is 0. The maximum absolute atomic E-state index is 3.53. The first-order valence-corrected chi connectivity index (χ1v) is 7.33. The van der Waals surface area contributed by atoms with Crippen LogP contribution in [0.25, 0.3) is 6.08 Å². The van der Waals surface area contributed by atoms with Gasteiger partial charge >= 0.3 is 0 Å². The fourth-order valence-corrected chi connectivity index (χ4v) is 2.35. The Morgan fingerprint density at radius 2 is 1.58 bits per heavy atom. The summed E-state index contributed by atoms with van der Waals surface area (Å²) in [5, 5.41) is 3.53. The van der Waals surface area contributed by atoms with E-state index in [1.165, 1.54) is 27.8 Å². The van der Waals surface area contributed by atoms with Crippen molar-refractivity contribution in [3.05, 3.63) is 40.0 Å². The molecule has 1 aromatic rings. The standard InChI is InChI=1S/C18H29N/c1-12(2)17(11-19-13(3)4)10-18-15(6)8-14(5)9-16(18)7/h8-10,12-13,19H,11H2,1-7H3. The zero-order valence-corrected chi connectivity index (χ0v) is 13.6. The van der Waals surface area contributed by atoms with E-state index in [0.29, 0.717) is 12.0 Å². The van der Waals surface area contributed by atoms with E-state index in [1.807, 2.05) is 0 Å². The molecule has 0 aliphatic carbocycles. The number of aryl methyl sites for hydroxylation is 3. The molecule has 0 aliphatic rings. The van der Waals surface area contributed by atoms with Crippen LogP contribution in [0.1, 0.15) is 49.9 Å². The molecule has 0 heterocycles. The first-order chi connectivity index (χ1) is 8.81. The highest BCUT2D eigenvalue weighted by Crippen LogP contribution is 2.22. The van der Waals surface area contributed by atoms with E-state index in [-0.39, 0.29) is 0 Å². The predicted molar refractivity (Wildman–Crippen MR) is 86.6 cm³/mol. The SMILES string of the molecule is Cc1cc(C)c(C=C(CNC(C)C)C(C)C)c(C)c1. The van der Waals surface area contributed by atoms with Crippen LogP contribution in [-0.2, 0) is 0 Å². The number of hydrogen-bond donors (Lipinski definition) is 1. The summed E-state index contributed by atoms with van der Waals surface area (Å²) in [7, 11) is 0. The smallest absolute Gasteiger partial charge is 0.0172 e. The molecular formula is C18H29N.